The van der Waals surface area contributed by atoms with Gasteiger partial charge in [0, 0.05) is 12.3 Å². The van der Waals surface area contributed by atoms with Crippen molar-refractivity contribution in [1.82, 2.24) is 0 Å². The number of fused-ring (bicyclic) bond motifs is 3. The van der Waals surface area contributed by atoms with E-state index in [-0.39, 0.29) is 29.9 Å². The maximum atomic E-state index is 12.1. The lowest BCUT2D eigenvalue weighted by molar-refractivity contribution is -0.156. The molecule has 4 atom stereocenters. The summed E-state index contributed by atoms with van der Waals surface area (Å²) in [5, 5.41) is 0. The maximum absolute atomic E-state index is 12.1. The van der Waals surface area contributed by atoms with Gasteiger partial charge in [-0.2, -0.15) is 0 Å². The Morgan fingerprint density at radius 3 is 2.82 bits per heavy atom. The van der Waals surface area contributed by atoms with Gasteiger partial charge in [-0.25, -0.2) is 4.79 Å². The molecule has 0 radical (unpaired) electrons. The Hall–Kier alpha value is -2.30. The van der Waals surface area contributed by atoms with Crippen LogP contribution >= 0.6 is 0 Å². The largest absolute Gasteiger partial charge is 0.462 e. The van der Waals surface area contributed by atoms with Crippen molar-refractivity contribution in [3.05, 3.63) is 47.2 Å². The molecule has 2 aliphatic heterocycles. The molecule has 0 N–H and O–H groups in total. The molecule has 0 bridgehead atoms. The summed E-state index contributed by atoms with van der Waals surface area (Å²) in [5.41, 5.74) is 2.80. The van der Waals surface area contributed by atoms with E-state index in [4.69, 9.17) is 14.2 Å². The van der Waals surface area contributed by atoms with E-state index in [9.17, 15) is 9.59 Å². The summed E-state index contributed by atoms with van der Waals surface area (Å²) in [6.45, 7) is 1.80. The summed E-state index contributed by atoms with van der Waals surface area (Å²) >= 11 is 0. The first-order valence-electron chi connectivity index (χ1n) is 7.48. The van der Waals surface area contributed by atoms with E-state index >= 15 is 0 Å². The van der Waals surface area contributed by atoms with Gasteiger partial charge in [0.25, 0.3) is 0 Å². The van der Waals surface area contributed by atoms with Crippen LogP contribution < -0.4 is 0 Å². The van der Waals surface area contributed by atoms with Crippen molar-refractivity contribution < 1.29 is 23.8 Å². The number of ether oxygens (including phenoxy) is 3. The average Bonchev–Trinajstić information content (AvgIpc) is 3.10. The van der Waals surface area contributed by atoms with E-state index in [0.29, 0.717) is 12.0 Å². The van der Waals surface area contributed by atoms with E-state index in [2.05, 4.69) is 6.07 Å². The van der Waals surface area contributed by atoms with Crippen molar-refractivity contribution in [2.45, 2.75) is 32.2 Å². The van der Waals surface area contributed by atoms with Crippen molar-refractivity contribution in [1.29, 1.82) is 0 Å². The fourth-order valence-electron chi connectivity index (χ4n) is 3.36. The molecule has 1 aromatic rings. The first kappa shape index (κ1) is 13.4. The number of carbonyl (C=O) groups excluding carboxylic acids is 2. The summed E-state index contributed by atoms with van der Waals surface area (Å²) < 4.78 is 16.1. The van der Waals surface area contributed by atoms with Crippen LogP contribution in [0.5, 0.6) is 0 Å². The predicted molar refractivity (Wildman–Crippen MR) is 75.3 cm³/mol. The zero-order valence-electron chi connectivity index (χ0n) is 12.2. The number of hydrogen-bond donors (Lipinski definition) is 0. The van der Waals surface area contributed by atoms with E-state index in [1.165, 1.54) is 11.8 Å². The first-order chi connectivity index (χ1) is 10.6. The molecule has 1 aliphatic carbocycles. The third kappa shape index (κ3) is 2.00. The molecular weight excluding hydrogens is 284 g/mol. The lowest BCUT2D eigenvalue weighted by atomic mass is 9.98. The number of cyclic esters (lactones) is 1. The topological polar surface area (TPSA) is 61.8 Å². The maximum Gasteiger partial charge on any atom is 0.338 e. The van der Waals surface area contributed by atoms with Gasteiger partial charge in [-0.3, -0.25) is 4.79 Å². The number of esters is 2. The standard InChI is InChI=1S/C17H16O5/c1-9-6-14(21-16(9)18)20-8-13-12-7-10-4-2-3-5-11(10)15(12)22-17(13)19/h2-5,8-9,12,14-15H,6-7H2,1H3/b13-8+. The van der Waals surface area contributed by atoms with E-state index in [1.54, 1.807) is 6.92 Å². The van der Waals surface area contributed by atoms with Crippen LogP contribution in [-0.2, 0) is 30.2 Å². The Labute approximate surface area is 127 Å². The summed E-state index contributed by atoms with van der Waals surface area (Å²) in [4.78, 5) is 23.4. The van der Waals surface area contributed by atoms with Gasteiger partial charge in [-0.05, 0) is 17.5 Å². The quantitative estimate of drug-likeness (QED) is 0.476. The van der Waals surface area contributed by atoms with Crippen molar-refractivity contribution in [2.24, 2.45) is 11.8 Å². The van der Waals surface area contributed by atoms with Gasteiger partial charge in [0.2, 0.25) is 6.29 Å². The van der Waals surface area contributed by atoms with Crippen LogP contribution in [0.1, 0.15) is 30.6 Å². The number of carbonyl (C=O) groups is 2. The van der Waals surface area contributed by atoms with Crippen molar-refractivity contribution in [2.75, 3.05) is 0 Å². The third-order valence-electron chi connectivity index (χ3n) is 4.58. The van der Waals surface area contributed by atoms with Gasteiger partial charge in [-0.1, -0.05) is 31.2 Å². The summed E-state index contributed by atoms with van der Waals surface area (Å²) in [7, 11) is 0. The van der Waals surface area contributed by atoms with E-state index < -0.39 is 6.29 Å². The van der Waals surface area contributed by atoms with Crippen molar-refractivity contribution in [3.8, 4) is 0 Å². The number of hydrogen-bond acceptors (Lipinski definition) is 5. The molecule has 4 rings (SSSR count). The molecule has 5 heteroatoms. The highest BCUT2D eigenvalue weighted by Crippen LogP contribution is 2.47. The molecular formula is C17H16O5. The van der Waals surface area contributed by atoms with Crippen molar-refractivity contribution in [3.63, 3.8) is 0 Å². The molecule has 0 spiro atoms. The monoisotopic (exact) mass is 300 g/mol. The summed E-state index contributed by atoms with van der Waals surface area (Å²) in [6.07, 6.45) is 1.87. The lowest BCUT2D eigenvalue weighted by Gasteiger charge is -2.10. The minimum atomic E-state index is -0.606. The molecule has 3 aliphatic rings. The third-order valence-corrected chi connectivity index (χ3v) is 4.58. The van der Waals surface area contributed by atoms with E-state index in [0.717, 1.165) is 12.0 Å². The molecule has 4 unspecified atom stereocenters. The molecule has 2 fully saturated rings. The zero-order valence-corrected chi connectivity index (χ0v) is 12.2. The molecule has 0 saturated carbocycles. The lowest BCUT2D eigenvalue weighted by Crippen LogP contribution is -2.11. The van der Waals surface area contributed by atoms with Crippen molar-refractivity contribution >= 4 is 11.9 Å². The van der Waals surface area contributed by atoms with Gasteiger partial charge in [0.1, 0.15) is 6.10 Å². The van der Waals surface area contributed by atoms with Crippen LogP contribution in [0.3, 0.4) is 0 Å². The van der Waals surface area contributed by atoms with Gasteiger partial charge < -0.3 is 14.2 Å². The Bertz CT molecular complexity index is 677. The van der Waals surface area contributed by atoms with Crippen LogP contribution in [0.4, 0.5) is 0 Å². The van der Waals surface area contributed by atoms with Gasteiger partial charge in [0.05, 0.1) is 17.8 Å². The van der Waals surface area contributed by atoms with Gasteiger partial charge >= 0.3 is 11.9 Å². The second kappa shape index (κ2) is 4.87. The summed E-state index contributed by atoms with van der Waals surface area (Å²) in [6, 6.07) is 7.99. The fourth-order valence-corrected chi connectivity index (χ4v) is 3.36. The number of rotatable bonds is 2. The van der Waals surface area contributed by atoms with Gasteiger partial charge in [-0.15, -0.1) is 0 Å². The second-order valence-electron chi connectivity index (χ2n) is 6.05. The minimum Gasteiger partial charge on any atom is -0.462 e. The van der Waals surface area contributed by atoms with Crippen LogP contribution in [0.15, 0.2) is 36.1 Å². The summed E-state index contributed by atoms with van der Waals surface area (Å²) in [5.74, 6) is -0.785. The molecule has 0 aromatic heterocycles. The Kier molecular flexibility index (Phi) is 2.96. The normalized spacial score (nSPS) is 34.3. The Morgan fingerprint density at radius 2 is 2.05 bits per heavy atom. The molecule has 2 heterocycles. The smallest absolute Gasteiger partial charge is 0.338 e. The Balaban J connectivity index is 1.53. The molecule has 5 nitrogen and oxygen atoms in total. The van der Waals surface area contributed by atoms with Crippen LogP contribution in [-0.4, -0.2) is 18.2 Å². The number of benzene rings is 1. The van der Waals surface area contributed by atoms with Crippen LogP contribution in [0, 0.1) is 11.8 Å². The molecule has 114 valence electrons. The van der Waals surface area contributed by atoms with Crippen LogP contribution in [0.25, 0.3) is 0 Å². The molecule has 22 heavy (non-hydrogen) atoms. The fraction of sp³-hybridized carbons (Fsp3) is 0.412. The first-order valence-corrected chi connectivity index (χ1v) is 7.48. The second-order valence-corrected chi connectivity index (χ2v) is 6.05. The average molecular weight is 300 g/mol. The molecule has 2 saturated heterocycles. The van der Waals surface area contributed by atoms with E-state index in [1.807, 2.05) is 18.2 Å². The Morgan fingerprint density at radius 1 is 1.23 bits per heavy atom. The zero-order chi connectivity index (χ0) is 15.3. The SMILES string of the molecule is CC1CC(O/C=C2/C(=O)OC3c4ccccc4CC23)OC1=O. The predicted octanol–water partition coefficient (Wildman–Crippen LogP) is 2.27. The minimum absolute atomic E-state index is 0.0144. The van der Waals surface area contributed by atoms with Gasteiger partial charge in [0.15, 0.2) is 0 Å². The molecule has 1 aromatic carbocycles. The molecule has 0 amide bonds. The highest BCUT2D eigenvalue weighted by atomic mass is 16.7. The van der Waals surface area contributed by atoms with Crippen LogP contribution in [0.2, 0.25) is 0 Å². The highest BCUT2D eigenvalue weighted by molar-refractivity contribution is 5.92. The highest BCUT2D eigenvalue weighted by Gasteiger charge is 2.46.